The number of rotatable bonds is 4. The van der Waals surface area contributed by atoms with Crippen LogP contribution in [0.5, 0.6) is 0 Å². The lowest BCUT2D eigenvalue weighted by Gasteiger charge is -2.11. The van der Waals surface area contributed by atoms with E-state index in [9.17, 15) is 9.18 Å². The summed E-state index contributed by atoms with van der Waals surface area (Å²) in [5.41, 5.74) is 1.47. The number of halogens is 3. The van der Waals surface area contributed by atoms with Crippen LogP contribution in [-0.2, 0) is 11.3 Å². The van der Waals surface area contributed by atoms with Crippen LogP contribution in [0.15, 0.2) is 36.4 Å². The summed E-state index contributed by atoms with van der Waals surface area (Å²) in [5.74, 6) is -0.981. The highest BCUT2D eigenvalue weighted by atomic mass is 35.5. The van der Waals surface area contributed by atoms with Crippen LogP contribution < -0.4 is 5.32 Å². The molecular weight excluding hydrogens is 316 g/mol. The number of carbonyl (C=O) groups excluding carboxylic acids is 1. The molecule has 2 aromatic carbocycles. The number of benzene rings is 2. The molecule has 0 bridgehead atoms. The van der Waals surface area contributed by atoms with E-state index in [0.29, 0.717) is 22.3 Å². The Morgan fingerprint density at radius 2 is 1.95 bits per heavy atom. The molecule has 0 amide bonds. The number of anilines is 1. The number of methoxy groups -OCH3 is 1. The summed E-state index contributed by atoms with van der Waals surface area (Å²) in [4.78, 5) is 11.6. The van der Waals surface area contributed by atoms with Crippen molar-refractivity contribution in [3.05, 3.63) is 63.4 Å². The van der Waals surface area contributed by atoms with Crippen LogP contribution in [0.1, 0.15) is 15.9 Å². The van der Waals surface area contributed by atoms with Gasteiger partial charge in [0.1, 0.15) is 5.82 Å². The van der Waals surface area contributed by atoms with Crippen molar-refractivity contribution in [2.75, 3.05) is 12.4 Å². The second kappa shape index (κ2) is 6.78. The van der Waals surface area contributed by atoms with Crippen LogP contribution >= 0.6 is 23.2 Å². The van der Waals surface area contributed by atoms with E-state index >= 15 is 0 Å². The topological polar surface area (TPSA) is 38.3 Å². The van der Waals surface area contributed by atoms with Crippen LogP contribution in [0.2, 0.25) is 10.0 Å². The van der Waals surface area contributed by atoms with E-state index in [1.54, 1.807) is 18.2 Å². The van der Waals surface area contributed by atoms with Crippen LogP contribution in [-0.4, -0.2) is 13.1 Å². The zero-order chi connectivity index (χ0) is 15.4. The first-order chi connectivity index (χ1) is 10.0. The van der Waals surface area contributed by atoms with Gasteiger partial charge in [-0.1, -0.05) is 29.3 Å². The molecule has 0 fully saturated rings. The number of hydrogen-bond donors (Lipinski definition) is 1. The van der Waals surface area contributed by atoms with E-state index in [1.165, 1.54) is 25.3 Å². The molecule has 0 aliphatic heterocycles. The highest BCUT2D eigenvalue weighted by Crippen LogP contribution is 2.24. The lowest BCUT2D eigenvalue weighted by Crippen LogP contribution is -2.08. The molecule has 0 heterocycles. The van der Waals surface area contributed by atoms with E-state index in [1.807, 2.05) is 0 Å². The van der Waals surface area contributed by atoms with Crippen LogP contribution in [0.25, 0.3) is 0 Å². The monoisotopic (exact) mass is 327 g/mol. The molecule has 0 saturated heterocycles. The van der Waals surface area contributed by atoms with Crippen molar-refractivity contribution >= 4 is 34.9 Å². The molecule has 0 aliphatic rings. The number of ether oxygens (including phenoxy) is 1. The lowest BCUT2D eigenvalue weighted by molar-refractivity contribution is 0.0602. The largest absolute Gasteiger partial charge is 0.465 e. The van der Waals surface area contributed by atoms with Gasteiger partial charge in [-0.15, -0.1) is 0 Å². The van der Waals surface area contributed by atoms with E-state index in [-0.39, 0.29) is 5.56 Å². The molecule has 0 radical (unpaired) electrons. The highest BCUT2D eigenvalue weighted by Gasteiger charge is 2.12. The van der Waals surface area contributed by atoms with E-state index in [0.717, 1.165) is 5.56 Å². The average Bonchev–Trinajstić information content (AvgIpc) is 2.48. The third-order valence-corrected chi connectivity index (χ3v) is 3.59. The van der Waals surface area contributed by atoms with Crippen molar-refractivity contribution in [3.8, 4) is 0 Å². The maximum atomic E-state index is 13.3. The van der Waals surface area contributed by atoms with Gasteiger partial charge in [-0.05, 0) is 35.9 Å². The summed E-state index contributed by atoms with van der Waals surface area (Å²) in [6.45, 7) is 0.365. The van der Waals surface area contributed by atoms with Gasteiger partial charge < -0.3 is 10.1 Å². The van der Waals surface area contributed by atoms with Crippen LogP contribution in [0.4, 0.5) is 10.1 Å². The third kappa shape index (κ3) is 3.86. The predicted octanol–water partition coefficient (Wildman–Crippen LogP) is 4.53. The first-order valence-corrected chi connectivity index (χ1v) is 6.82. The summed E-state index contributed by atoms with van der Waals surface area (Å²) in [6, 6.07) is 8.98. The van der Waals surface area contributed by atoms with E-state index < -0.39 is 11.8 Å². The quantitative estimate of drug-likeness (QED) is 0.838. The van der Waals surface area contributed by atoms with Gasteiger partial charge in [0.05, 0.1) is 28.4 Å². The van der Waals surface area contributed by atoms with Gasteiger partial charge in [0.15, 0.2) is 0 Å². The van der Waals surface area contributed by atoms with Gasteiger partial charge in [0, 0.05) is 6.54 Å². The molecule has 2 aromatic rings. The average molecular weight is 328 g/mol. The van der Waals surface area contributed by atoms with Crippen molar-refractivity contribution < 1.29 is 13.9 Å². The summed E-state index contributed by atoms with van der Waals surface area (Å²) < 4.78 is 18.0. The minimum absolute atomic E-state index is 0.263. The minimum atomic E-state index is -0.536. The highest BCUT2D eigenvalue weighted by molar-refractivity contribution is 6.42. The normalized spacial score (nSPS) is 10.3. The SMILES string of the molecule is COC(=O)c1ccc(F)cc1NCc1ccc(Cl)c(Cl)c1. The maximum absolute atomic E-state index is 13.3. The Kier molecular flexibility index (Phi) is 5.04. The van der Waals surface area contributed by atoms with Gasteiger partial charge >= 0.3 is 5.97 Å². The zero-order valence-electron chi connectivity index (χ0n) is 11.1. The fourth-order valence-electron chi connectivity index (χ4n) is 1.80. The molecule has 21 heavy (non-hydrogen) atoms. The van der Waals surface area contributed by atoms with Crippen molar-refractivity contribution in [2.45, 2.75) is 6.54 Å². The molecule has 0 unspecified atom stereocenters. The smallest absolute Gasteiger partial charge is 0.339 e. The van der Waals surface area contributed by atoms with Gasteiger partial charge in [-0.3, -0.25) is 0 Å². The Bertz CT molecular complexity index is 677. The molecule has 0 aliphatic carbocycles. The molecule has 1 N–H and O–H groups in total. The molecule has 2 rings (SSSR count). The van der Waals surface area contributed by atoms with Crippen LogP contribution in [0.3, 0.4) is 0 Å². The van der Waals surface area contributed by atoms with E-state index in [4.69, 9.17) is 23.2 Å². The second-order valence-electron chi connectivity index (χ2n) is 4.28. The summed E-state index contributed by atoms with van der Waals surface area (Å²) in [5, 5.41) is 3.88. The van der Waals surface area contributed by atoms with Crippen molar-refractivity contribution in [1.29, 1.82) is 0 Å². The van der Waals surface area contributed by atoms with Gasteiger partial charge in [-0.2, -0.15) is 0 Å². The predicted molar refractivity (Wildman–Crippen MR) is 81.5 cm³/mol. The Morgan fingerprint density at radius 3 is 2.62 bits per heavy atom. The zero-order valence-corrected chi connectivity index (χ0v) is 12.6. The molecule has 3 nitrogen and oxygen atoms in total. The van der Waals surface area contributed by atoms with Crippen molar-refractivity contribution in [1.82, 2.24) is 0 Å². The number of hydrogen-bond acceptors (Lipinski definition) is 3. The molecule has 110 valence electrons. The molecule has 6 heteroatoms. The number of carbonyl (C=O) groups is 1. The molecule has 0 atom stereocenters. The summed E-state index contributed by atoms with van der Waals surface area (Å²) >= 11 is 11.8. The molecule has 0 aromatic heterocycles. The third-order valence-electron chi connectivity index (χ3n) is 2.85. The summed E-state index contributed by atoms with van der Waals surface area (Å²) in [6.07, 6.45) is 0. The van der Waals surface area contributed by atoms with Crippen molar-refractivity contribution in [2.24, 2.45) is 0 Å². The first-order valence-electron chi connectivity index (χ1n) is 6.07. The van der Waals surface area contributed by atoms with Gasteiger partial charge in [0.2, 0.25) is 0 Å². The van der Waals surface area contributed by atoms with Gasteiger partial charge in [-0.25, -0.2) is 9.18 Å². The molecular formula is C15H12Cl2FNO2. The summed E-state index contributed by atoms with van der Waals surface area (Å²) in [7, 11) is 1.27. The fourth-order valence-corrected chi connectivity index (χ4v) is 2.12. The second-order valence-corrected chi connectivity index (χ2v) is 5.10. The first kappa shape index (κ1) is 15.6. The fraction of sp³-hybridized carbons (Fsp3) is 0.133. The number of nitrogens with one attached hydrogen (secondary N) is 1. The minimum Gasteiger partial charge on any atom is -0.465 e. The lowest BCUT2D eigenvalue weighted by atomic mass is 10.1. The molecule has 0 saturated carbocycles. The standard InChI is InChI=1S/C15H12Cl2FNO2/c1-21-15(20)11-4-3-10(18)7-14(11)19-8-9-2-5-12(16)13(17)6-9/h2-7,19H,8H2,1H3. The molecule has 0 spiro atoms. The number of esters is 1. The Labute approximate surface area is 131 Å². The van der Waals surface area contributed by atoms with Gasteiger partial charge in [0.25, 0.3) is 0 Å². The van der Waals surface area contributed by atoms with Crippen molar-refractivity contribution in [3.63, 3.8) is 0 Å². The van der Waals surface area contributed by atoms with Crippen LogP contribution in [0, 0.1) is 5.82 Å². The Morgan fingerprint density at radius 1 is 1.19 bits per heavy atom. The van der Waals surface area contributed by atoms with E-state index in [2.05, 4.69) is 10.1 Å². The Hall–Kier alpha value is -1.78. The maximum Gasteiger partial charge on any atom is 0.339 e. The Balaban J connectivity index is 2.20.